The van der Waals surface area contributed by atoms with Crippen molar-refractivity contribution in [2.75, 3.05) is 0 Å². The van der Waals surface area contributed by atoms with Crippen LogP contribution in [0.1, 0.15) is 104 Å². The minimum Gasteiger partial charge on any atom is -0.352 e. The highest BCUT2D eigenvalue weighted by molar-refractivity contribution is 4.92. The van der Waals surface area contributed by atoms with Gasteiger partial charge >= 0.3 is 0 Å². The summed E-state index contributed by atoms with van der Waals surface area (Å²) in [6, 6.07) is 4.88. The summed E-state index contributed by atoms with van der Waals surface area (Å²) in [5.74, 6) is 0.856. The van der Waals surface area contributed by atoms with Gasteiger partial charge in [0.2, 0.25) is 0 Å². The Hall–Kier alpha value is -0.980. The van der Waals surface area contributed by atoms with E-state index in [4.69, 9.17) is 0 Å². The molecule has 0 aliphatic rings. The van der Waals surface area contributed by atoms with Crippen molar-refractivity contribution in [3.63, 3.8) is 0 Å². The van der Waals surface area contributed by atoms with Gasteiger partial charge in [-0.15, -0.1) is 0 Å². The molecule has 0 fully saturated rings. The van der Waals surface area contributed by atoms with Crippen molar-refractivity contribution in [2.24, 2.45) is 5.92 Å². The molecule has 24 heavy (non-hydrogen) atoms. The van der Waals surface area contributed by atoms with Gasteiger partial charge in [0.1, 0.15) is 0 Å². The zero-order valence-corrected chi connectivity index (χ0v) is 16.6. The lowest BCUT2D eigenvalue weighted by molar-refractivity contribution is 0.401. The summed E-state index contributed by atoms with van der Waals surface area (Å²) in [4.78, 5) is 0. The van der Waals surface area contributed by atoms with Crippen molar-refractivity contribution >= 4 is 0 Å². The molecule has 1 aromatic rings. The molecule has 1 nitrogen and oxygen atoms in total. The Morgan fingerprint density at radius 3 is 2.08 bits per heavy atom. The van der Waals surface area contributed by atoms with E-state index in [1.165, 1.54) is 77.0 Å². The topological polar surface area (TPSA) is 4.93 Å². The quantitative estimate of drug-likeness (QED) is 0.227. The summed E-state index contributed by atoms with van der Waals surface area (Å²) in [7, 11) is 0. The van der Waals surface area contributed by atoms with E-state index in [9.17, 15) is 0 Å². The van der Waals surface area contributed by atoms with E-state index in [0.717, 1.165) is 5.92 Å². The summed E-state index contributed by atoms with van der Waals surface area (Å²) in [5.41, 5.74) is 0. The van der Waals surface area contributed by atoms with E-state index >= 15 is 0 Å². The largest absolute Gasteiger partial charge is 0.352 e. The van der Waals surface area contributed by atoms with E-state index in [1.807, 2.05) is 0 Å². The first-order valence-corrected chi connectivity index (χ1v) is 10.5. The monoisotopic (exact) mass is 331 g/mol. The Bertz CT molecular complexity index is 390. The highest BCUT2D eigenvalue weighted by Gasteiger charge is 2.07. The second-order valence-corrected chi connectivity index (χ2v) is 7.62. The molecule has 0 amide bonds. The predicted octanol–water partition coefficient (Wildman–Crippen LogP) is 7.94. The Morgan fingerprint density at radius 1 is 0.750 bits per heavy atom. The summed E-state index contributed by atoms with van der Waals surface area (Å²) in [6.07, 6.45) is 25.6. The summed E-state index contributed by atoms with van der Waals surface area (Å²) in [5, 5.41) is 0. The maximum absolute atomic E-state index is 2.42. The first-order chi connectivity index (χ1) is 11.7. The summed E-state index contributed by atoms with van der Waals surface area (Å²) >= 11 is 0. The number of rotatable bonds is 15. The predicted molar refractivity (Wildman–Crippen MR) is 109 cm³/mol. The van der Waals surface area contributed by atoms with Crippen LogP contribution in [0.5, 0.6) is 0 Å². The second kappa shape index (κ2) is 14.4. The van der Waals surface area contributed by atoms with Crippen molar-refractivity contribution in [2.45, 2.75) is 104 Å². The molecule has 0 bridgehead atoms. The van der Waals surface area contributed by atoms with Crippen LogP contribution in [0, 0.1) is 5.92 Å². The minimum atomic E-state index is 0.639. The maximum atomic E-state index is 2.42. The number of nitrogens with zero attached hydrogens (tertiary/aromatic N) is 1. The molecule has 138 valence electrons. The molecule has 0 N–H and O–H groups in total. The summed E-state index contributed by atoms with van der Waals surface area (Å²) in [6.45, 7) is 7.03. The van der Waals surface area contributed by atoms with Gasteiger partial charge in [-0.25, -0.2) is 0 Å². The molecule has 2 unspecified atom stereocenters. The fourth-order valence-electron chi connectivity index (χ4n) is 3.32. The van der Waals surface area contributed by atoms with E-state index in [0.29, 0.717) is 6.04 Å². The Morgan fingerprint density at radius 2 is 1.38 bits per heavy atom. The number of unbranched alkanes of at least 4 members (excludes halogenated alkanes) is 7. The number of aromatic nitrogens is 1. The highest BCUT2D eigenvalue weighted by atomic mass is 15.0. The molecule has 0 radical (unpaired) electrons. The van der Waals surface area contributed by atoms with Gasteiger partial charge in [0, 0.05) is 18.4 Å². The maximum Gasteiger partial charge on any atom is 0.0302 e. The van der Waals surface area contributed by atoms with Crippen LogP contribution in [-0.4, -0.2) is 4.57 Å². The Labute approximate surface area is 151 Å². The van der Waals surface area contributed by atoms with Crippen LogP contribution in [0.3, 0.4) is 0 Å². The number of allylic oxidation sites excluding steroid dienone is 2. The third-order valence-electron chi connectivity index (χ3n) is 5.17. The fraction of sp³-hybridized carbons (Fsp3) is 0.739. The zero-order chi connectivity index (χ0) is 17.5. The SMILES string of the molecule is CCCCCCCC/C=C\CCCC(C)CCC(C)n1cccc1. The Balaban J connectivity index is 1.92. The van der Waals surface area contributed by atoms with Crippen LogP contribution in [0.25, 0.3) is 0 Å². The van der Waals surface area contributed by atoms with Crippen LogP contribution in [-0.2, 0) is 0 Å². The number of hydrogen-bond acceptors (Lipinski definition) is 0. The first-order valence-electron chi connectivity index (χ1n) is 10.5. The van der Waals surface area contributed by atoms with Crippen LogP contribution < -0.4 is 0 Å². The second-order valence-electron chi connectivity index (χ2n) is 7.62. The molecule has 0 saturated heterocycles. The van der Waals surface area contributed by atoms with Crippen LogP contribution in [0.15, 0.2) is 36.7 Å². The van der Waals surface area contributed by atoms with Crippen molar-refractivity contribution < 1.29 is 0 Å². The molecule has 1 rings (SSSR count). The van der Waals surface area contributed by atoms with Crippen molar-refractivity contribution in [3.8, 4) is 0 Å². The average Bonchev–Trinajstić information content (AvgIpc) is 3.12. The highest BCUT2D eigenvalue weighted by Crippen LogP contribution is 2.20. The molecule has 1 heterocycles. The molecular formula is C23H41N. The van der Waals surface area contributed by atoms with Gasteiger partial charge in [0.15, 0.2) is 0 Å². The summed E-state index contributed by atoms with van der Waals surface area (Å²) < 4.78 is 2.33. The molecule has 0 aliphatic carbocycles. The van der Waals surface area contributed by atoms with Gasteiger partial charge in [-0.3, -0.25) is 0 Å². The minimum absolute atomic E-state index is 0.639. The van der Waals surface area contributed by atoms with Crippen LogP contribution in [0.4, 0.5) is 0 Å². The lowest BCUT2D eigenvalue weighted by Gasteiger charge is -2.16. The van der Waals surface area contributed by atoms with E-state index in [1.54, 1.807) is 0 Å². The van der Waals surface area contributed by atoms with Gasteiger partial charge < -0.3 is 4.57 Å². The van der Waals surface area contributed by atoms with Gasteiger partial charge in [-0.1, -0.05) is 64.5 Å². The molecule has 0 aromatic carbocycles. The van der Waals surface area contributed by atoms with Gasteiger partial charge in [0.05, 0.1) is 0 Å². The molecule has 0 spiro atoms. The molecule has 1 heteroatoms. The van der Waals surface area contributed by atoms with E-state index in [2.05, 4.69) is 62.0 Å². The molecule has 2 atom stereocenters. The van der Waals surface area contributed by atoms with Crippen molar-refractivity contribution in [1.29, 1.82) is 0 Å². The Kier molecular flexibility index (Phi) is 12.6. The third-order valence-corrected chi connectivity index (χ3v) is 5.17. The third kappa shape index (κ3) is 10.7. The fourth-order valence-corrected chi connectivity index (χ4v) is 3.32. The van der Waals surface area contributed by atoms with E-state index in [-0.39, 0.29) is 0 Å². The van der Waals surface area contributed by atoms with Gasteiger partial charge in [-0.2, -0.15) is 0 Å². The van der Waals surface area contributed by atoms with Gasteiger partial charge in [-0.05, 0) is 63.5 Å². The molecule has 0 aliphatic heterocycles. The lowest BCUT2D eigenvalue weighted by Crippen LogP contribution is -2.05. The van der Waals surface area contributed by atoms with Crippen molar-refractivity contribution in [3.05, 3.63) is 36.7 Å². The van der Waals surface area contributed by atoms with Crippen LogP contribution >= 0.6 is 0 Å². The average molecular weight is 332 g/mol. The molecule has 1 aromatic heterocycles. The van der Waals surface area contributed by atoms with Crippen molar-refractivity contribution in [1.82, 2.24) is 4.57 Å². The molecule has 0 saturated carbocycles. The van der Waals surface area contributed by atoms with Crippen LogP contribution in [0.2, 0.25) is 0 Å². The standard InChI is InChI=1S/C23H41N/c1-4-5-6-7-8-9-10-11-12-13-14-17-22(2)18-19-23(3)24-20-15-16-21-24/h11-12,15-16,20-23H,4-10,13-14,17-19H2,1-3H3/b12-11-. The first kappa shape index (κ1) is 21.1. The normalized spacial score (nSPS) is 14.3. The molecular weight excluding hydrogens is 290 g/mol. The smallest absolute Gasteiger partial charge is 0.0302 e. The zero-order valence-electron chi connectivity index (χ0n) is 16.6. The lowest BCUT2D eigenvalue weighted by atomic mass is 9.96. The van der Waals surface area contributed by atoms with Gasteiger partial charge in [0.25, 0.3) is 0 Å². The number of hydrogen-bond donors (Lipinski definition) is 0. The van der Waals surface area contributed by atoms with E-state index < -0.39 is 0 Å².